The maximum atomic E-state index is 13.9. The van der Waals surface area contributed by atoms with Crippen LogP contribution in [0.2, 0.25) is 0 Å². The second kappa shape index (κ2) is 6.02. The number of halogens is 6. The number of rotatable bonds is 2. The third-order valence-electron chi connectivity index (χ3n) is 3.81. The van der Waals surface area contributed by atoms with E-state index in [4.69, 9.17) is 0 Å². The Kier molecular flexibility index (Phi) is 4.70. The molecule has 0 saturated heterocycles. The van der Waals surface area contributed by atoms with Crippen LogP contribution in [-0.4, -0.2) is 12.0 Å². The first-order valence-corrected chi connectivity index (χ1v) is 7.27. The second-order valence-corrected chi connectivity index (χ2v) is 5.98. The van der Waals surface area contributed by atoms with Crippen molar-refractivity contribution in [3.8, 4) is 0 Å². The van der Waals surface area contributed by atoms with Crippen molar-refractivity contribution in [2.75, 3.05) is 0 Å². The molecule has 2 unspecified atom stereocenters. The van der Waals surface area contributed by atoms with Crippen LogP contribution in [0.25, 0.3) is 0 Å². The number of carbonyl (C=O) groups is 1. The van der Waals surface area contributed by atoms with Crippen LogP contribution in [0.5, 0.6) is 0 Å². The van der Waals surface area contributed by atoms with Crippen molar-refractivity contribution in [1.82, 2.24) is 0 Å². The van der Waals surface area contributed by atoms with Crippen molar-refractivity contribution in [2.45, 2.75) is 31.9 Å². The molecule has 2 atom stereocenters. The number of hydrogen-bond donors (Lipinski definition) is 0. The molecule has 0 heterocycles. The van der Waals surface area contributed by atoms with Gasteiger partial charge in [-0.25, -0.2) is 8.78 Å². The van der Waals surface area contributed by atoms with Gasteiger partial charge in [0.15, 0.2) is 11.6 Å². The van der Waals surface area contributed by atoms with Crippen molar-refractivity contribution in [3.05, 3.63) is 33.8 Å². The van der Waals surface area contributed by atoms with Gasteiger partial charge in [-0.15, -0.1) is 0 Å². The zero-order valence-electron chi connectivity index (χ0n) is 10.8. The lowest BCUT2D eigenvalue weighted by atomic mass is 9.75. The highest BCUT2D eigenvalue weighted by Gasteiger charge is 2.48. The van der Waals surface area contributed by atoms with E-state index < -0.39 is 41.0 Å². The van der Waals surface area contributed by atoms with E-state index >= 15 is 0 Å². The molecule has 1 aromatic rings. The van der Waals surface area contributed by atoms with Gasteiger partial charge in [-0.1, -0.05) is 12.8 Å². The van der Waals surface area contributed by atoms with E-state index in [-0.39, 0.29) is 17.3 Å². The summed E-state index contributed by atoms with van der Waals surface area (Å²) in [7, 11) is 0. The molecular weight excluding hydrogens is 359 g/mol. The van der Waals surface area contributed by atoms with E-state index in [9.17, 15) is 26.7 Å². The molecule has 0 bridgehead atoms. The molecule has 0 spiro atoms. The Balaban J connectivity index is 2.41. The van der Waals surface area contributed by atoms with Crippen LogP contribution in [0.3, 0.4) is 0 Å². The minimum Gasteiger partial charge on any atom is -0.294 e. The highest BCUT2D eigenvalue weighted by molar-refractivity contribution is 9.10. The number of carbonyl (C=O) groups excluding carboxylic acids is 1. The van der Waals surface area contributed by atoms with Crippen LogP contribution in [-0.2, 0) is 0 Å². The van der Waals surface area contributed by atoms with Gasteiger partial charge < -0.3 is 0 Å². The predicted octanol–water partition coefficient (Wildman–Crippen LogP) is 5.28. The van der Waals surface area contributed by atoms with Gasteiger partial charge in [0.2, 0.25) is 0 Å². The molecule has 0 amide bonds. The molecule has 0 radical (unpaired) electrons. The fourth-order valence-electron chi connectivity index (χ4n) is 2.77. The van der Waals surface area contributed by atoms with Crippen molar-refractivity contribution in [2.24, 2.45) is 11.8 Å². The van der Waals surface area contributed by atoms with E-state index in [2.05, 4.69) is 15.9 Å². The van der Waals surface area contributed by atoms with E-state index in [1.165, 1.54) is 0 Å². The molecule has 1 nitrogen and oxygen atoms in total. The normalized spacial score (nSPS) is 23.1. The first-order valence-electron chi connectivity index (χ1n) is 6.48. The average Bonchev–Trinajstić information content (AvgIpc) is 2.42. The van der Waals surface area contributed by atoms with Crippen molar-refractivity contribution < 1.29 is 26.7 Å². The minimum absolute atomic E-state index is 0.00555. The first kappa shape index (κ1) is 16.4. The summed E-state index contributed by atoms with van der Waals surface area (Å²) in [6.07, 6.45) is -3.93. The molecule has 21 heavy (non-hydrogen) atoms. The quantitative estimate of drug-likeness (QED) is 0.393. The number of alkyl halides is 3. The lowest BCUT2D eigenvalue weighted by Gasteiger charge is -2.32. The van der Waals surface area contributed by atoms with E-state index in [0.29, 0.717) is 12.8 Å². The fourth-order valence-corrected chi connectivity index (χ4v) is 3.11. The molecule has 116 valence electrons. The largest absolute Gasteiger partial charge is 0.392 e. The molecule has 1 fully saturated rings. The third-order valence-corrected chi connectivity index (χ3v) is 4.43. The molecule has 7 heteroatoms. The maximum absolute atomic E-state index is 13.9. The van der Waals surface area contributed by atoms with Crippen LogP contribution in [0.1, 0.15) is 36.0 Å². The summed E-state index contributed by atoms with van der Waals surface area (Å²) in [6, 6.07) is 1.94. The molecule has 0 aromatic heterocycles. The molecule has 0 aliphatic heterocycles. The molecule has 1 aromatic carbocycles. The van der Waals surface area contributed by atoms with Crippen molar-refractivity contribution >= 4 is 21.7 Å². The Labute approximate surface area is 126 Å². The van der Waals surface area contributed by atoms with E-state index in [0.717, 1.165) is 12.1 Å². The number of benzene rings is 1. The molecule has 1 aliphatic carbocycles. The van der Waals surface area contributed by atoms with E-state index in [1.54, 1.807) is 0 Å². The van der Waals surface area contributed by atoms with Gasteiger partial charge in [0, 0.05) is 5.92 Å². The number of hydrogen-bond acceptors (Lipinski definition) is 1. The Hall–Kier alpha value is -0.980. The molecule has 1 aliphatic rings. The van der Waals surface area contributed by atoms with Gasteiger partial charge in [-0.05, 0) is 40.9 Å². The Morgan fingerprint density at radius 3 is 2.38 bits per heavy atom. The lowest BCUT2D eigenvalue weighted by Crippen LogP contribution is -2.37. The van der Waals surface area contributed by atoms with Gasteiger partial charge in [0.05, 0.1) is 16.0 Å². The summed E-state index contributed by atoms with van der Waals surface area (Å²) < 4.78 is 66.4. The summed E-state index contributed by atoms with van der Waals surface area (Å²) in [5.74, 6) is -6.64. The van der Waals surface area contributed by atoms with Crippen LogP contribution in [0, 0.1) is 23.5 Å². The summed E-state index contributed by atoms with van der Waals surface area (Å²) in [5, 5.41) is 0. The molecule has 0 N–H and O–H groups in total. The van der Waals surface area contributed by atoms with Crippen molar-refractivity contribution in [3.63, 3.8) is 0 Å². The predicted molar refractivity (Wildman–Crippen MR) is 69.9 cm³/mol. The summed E-state index contributed by atoms with van der Waals surface area (Å²) in [5.41, 5.74) is -0.884. The van der Waals surface area contributed by atoms with Crippen molar-refractivity contribution in [1.29, 1.82) is 0 Å². The van der Waals surface area contributed by atoms with Crippen LogP contribution in [0.15, 0.2) is 16.6 Å². The second-order valence-electron chi connectivity index (χ2n) is 5.12. The SMILES string of the molecule is O=C(c1c(F)ccc(Br)c1F)C1CCCCC1C(F)(F)F. The highest BCUT2D eigenvalue weighted by Crippen LogP contribution is 2.43. The number of Topliss-reactive ketones (excluding diaryl/α,β-unsaturated/α-hetero) is 1. The van der Waals surface area contributed by atoms with Crippen LogP contribution >= 0.6 is 15.9 Å². The monoisotopic (exact) mass is 370 g/mol. The summed E-state index contributed by atoms with van der Waals surface area (Å²) >= 11 is 2.81. The standard InChI is InChI=1S/C14H12BrF5O/c15-9-5-6-10(16)11(12(9)17)13(21)7-3-1-2-4-8(7)14(18,19)20/h5-8H,1-4H2. The zero-order chi connectivity index (χ0) is 15.8. The van der Waals surface area contributed by atoms with Crippen LogP contribution < -0.4 is 0 Å². The summed E-state index contributed by atoms with van der Waals surface area (Å²) in [4.78, 5) is 12.2. The Morgan fingerprint density at radius 1 is 1.14 bits per heavy atom. The van der Waals surface area contributed by atoms with E-state index in [1.807, 2.05) is 0 Å². The molecule has 1 saturated carbocycles. The average molecular weight is 371 g/mol. The van der Waals surface area contributed by atoms with Gasteiger partial charge >= 0.3 is 6.18 Å². The zero-order valence-corrected chi connectivity index (χ0v) is 12.4. The fraction of sp³-hybridized carbons (Fsp3) is 0.500. The smallest absolute Gasteiger partial charge is 0.294 e. The van der Waals surface area contributed by atoms with Gasteiger partial charge in [0.25, 0.3) is 0 Å². The Morgan fingerprint density at radius 2 is 1.76 bits per heavy atom. The van der Waals surface area contributed by atoms with Gasteiger partial charge in [-0.2, -0.15) is 13.2 Å². The topological polar surface area (TPSA) is 17.1 Å². The lowest BCUT2D eigenvalue weighted by molar-refractivity contribution is -0.191. The van der Waals surface area contributed by atoms with Gasteiger partial charge in [0.1, 0.15) is 5.82 Å². The summed E-state index contributed by atoms with van der Waals surface area (Å²) in [6.45, 7) is 0. The third kappa shape index (κ3) is 3.27. The molecular formula is C14H12BrF5O. The maximum Gasteiger partial charge on any atom is 0.392 e. The molecule has 2 rings (SSSR count). The Bertz CT molecular complexity index is 555. The van der Waals surface area contributed by atoms with Crippen LogP contribution in [0.4, 0.5) is 22.0 Å². The minimum atomic E-state index is -4.54. The number of ketones is 1. The first-order chi connectivity index (χ1) is 9.73. The highest BCUT2D eigenvalue weighted by atomic mass is 79.9. The van der Waals surface area contributed by atoms with Gasteiger partial charge in [-0.3, -0.25) is 4.79 Å².